The molecule has 0 aliphatic heterocycles. The first-order valence-corrected chi connectivity index (χ1v) is 15.3. The van der Waals surface area contributed by atoms with Gasteiger partial charge < -0.3 is 25.6 Å². The first-order chi connectivity index (χ1) is 21.7. The van der Waals surface area contributed by atoms with Crippen LogP contribution in [0.15, 0.2) is 72.9 Å². The van der Waals surface area contributed by atoms with E-state index in [1.807, 2.05) is 51.1 Å². The summed E-state index contributed by atoms with van der Waals surface area (Å²) in [6.45, 7) is 7.48. The number of amides is 2. The van der Waals surface area contributed by atoms with Gasteiger partial charge in [-0.3, -0.25) is 9.59 Å². The number of H-pyrrole nitrogens is 1. The average Bonchev–Trinajstić information content (AvgIpc) is 3.49. The number of nitrogens with one attached hydrogen (secondary N) is 3. The largest absolute Gasteiger partial charge is 0.390 e. The number of aromatic amines is 1. The van der Waals surface area contributed by atoms with Gasteiger partial charge in [-0.15, -0.1) is 0 Å². The lowest BCUT2D eigenvalue weighted by molar-refractivity contribution is 0.0755. The van der Waals surface area contributed by atoms with Gasteiger partial charge in [-0.25, -0.2) is 13.8 Å². The van der Waals surface area contributed by atoms with Crippen LogP contribution in [0.5, 0.6) is 0 Å². The molecule has 0 fully saturated rings. The zero-order valence-corrected chi connectivity index (χ0v) is 25.9. The van der Waals surface area contributed by atoms with Crippen LogP contribution in [0.2, 0.25) is 0 Å². The topological polar surface area (TPSA) is 110 Å². The van der Waals surface area contributed by atoms with E-state index in [0.717, 1.165) is 41.6 Å². The van der Waals surface area contributed by atoms with Gasteiger partial charge in [0, 0.05) is 60.8 Å². The fourth-order valence-corrected chi connectivity index (χ4v) is 5.28. The second-order valence-corrected chi connectivity index (χ2v) is 11.3. The summed E-state index contributed by atoms with van der Waals surface area (Å²) < 4.78 is 28.0. The normalized spacial score (nSPS) is 12.5. The summed E-state index contributed by atoms with van der Waals surface area (Å²) in [5.74, 6) is -1.44. The smallest absolute Gasteiger partial charge is 0.253 e. The van der Waals surface area contributed by atoms with E-state index >= 15 is 0 Å². The number of halogens is 2. The molecule has 1 heterocycles. The van der Waals surface area contributed by atoms with Crippen LogP contribution in [0.25, 0.3) is 11.4 Å². The number of carbonyl (C=O) groups is 2. The molecule has 0 aliphatic rings. The third-order valence-corrected chi connectivity index (χ3v) is 7.36. The molecule has 0 bridgehead atoms. The minimum absolute atomic E-state index is 0.0239. The Hall–Kier alpha value is -4.41. The second-order valence-electron chi connectivity index (χ2n) is 11.3. The number of hydrogen-bond donors (Lipinski definition) is 4. The van der Waals surface area contributed by atoms with Crippen LogP contribution in [-0.4, -0.2) is 63.6 Å². The Morgan fingerprint density at radius 2 is 1.62 bits per heavy atom. The third kappa shape index (κ3) is 9.54. The summed E-state index contributed by atoms with van der Waals surface area (Å²) in [5.41, 5.74) is 3.42. The van der Waals surface area contributed by atoms with E-state index in [1.165, 1.54) is 12.1 Å². The molecular weight excluding hydrogens is 576 g/mol. The van der Waals surface area contributed by atoms with Gasteiger partial charge in [-0.2, -0.15) is 0 Å². The molecule has 4 aromatic rings. The first-order valence-electron chi connectivity index (χ1n) is 15.3. The minimum Gasteiger partial charge on any atom is -0.390 e. The average molecular weight is 618 g/mol. The molecule has 2 atom stereocenters. The molecule has 0 saturated carbocycles. The summed E-state index contributed by atoms with van der Waals surface area (Å²) in [6, 6.07) is 16.9. The summed E-state index contributed by atoms with van der Waals surface area (Å²) in [4.78, 5) is 36.2. The highest BCUT2D eigenvalue weighted by Gasteiger charge is 2.24. The molecule has 1 aromatic heterocycles. The van der Waals surface area contributed by atoms with E-state index in [-0.39, 0.29) is 30.0 Å². The molecule has 45 heavy (non-hydrogen) atoms. The molecule has 0 unspecified atom stereocenters. The first kappa shape index (κ1) is 33.5. The summed E-state index contributed by atoms with van der Waals surface area (Å²) in [7, 11) is 0. The lowest BCUT2D eigenvalue weighted by Crippen LogP contribution is -2.48. The maximum Gasteiger partial charge on any atom is 0.253 e. The molecule has 8 nitrogen and oxygen atoms in total. The Kier molecular flexibility index (Phi) is 11.9. The van der Waals surface area contributed by atoms with Crippen LogP contribution >= 0.6 is 0 Å². The Morgan fingerprint density at radius 1 is 0.956 bits per heavy atom. The summed E-state index contributed by atoms with van der Waals surface area (Å²) in [5, 5.41) is 17.2. The number of aliphatic hydroxyl groups excluding tert-OH is 1. The van der Waals surface area contributed by atoms with Crippen LogP contribution < -0.4 is 10.6 Å². The van der Waals surface area contributed by atoms with Crippen molar-refractivity contribution in [2.75, 3.05) is 19.6 Å². The number of aromatic nitrogens is 2. The standard InChI is InChI=1S/C35H41F2N5O3/c1-4-11-42(12-5-2)35(45)27-14-23(3)13-26(18-27)34(44)41-31(17-24-15-28(36)19-29(37)16-24)32(43)22-38-20-30-21-39-33(40-30)25-9-7-6-8-10-25/h6-10,13-16,18-19,21,31-32,38,43H,4-5,11-12,17,20,22H2,1-3H3,(H,39,40)(H,41,44)/t31-,32+/m0/s1. The molecule has 4 rings (SSSR count). The van der Waals surface area contributed by atoms with Crippen LogP contribution in [0.4, 0.5) is 8.78 Å². The molecule has 4 N–H and O–H groups in total. The lowest BCUT2D eigenvalue weighted by Gasteiger charge is -2.25. The van der Waals surface area contributed by atoms with Crippen molar-refractivity contribution in [2.24, 2.45) is 0 Å². The number of benzene rings is 3. The molecule has 2 amide bonds. The fourth-order valence-electron chi connectivity index (χ4n) is 5.28. The Labute approximate surface area is 262 Å². The van der Waals surface area contributed by atoms with Crippen molar-refractivity contribution in [1.82, 2.24) is 25.5 Å². The predicted molar refractivity (Wildman–Crippen MR) is 171 cm³/mol. The Balaban J connectivity index is 1.49. The van der Waals surface area contributed by atoms with Gasteiger partial charge in [0.2, 0.25) is 0 Å². The molecule has 10 heteroatoms. The maximum atomic E-state index is 14.0. The number of imidazole rings is 1. The zero-order valence-electron chi connectivity index (χ0n) is 25.9. The number of rotatable bonds is 15. The van der Waals surface area contributed by atoms with Crippen LogP contribution in [-0.2, 0) is 13.0 Å². The van der Waals surface area contributed by atoms with E-state index in [9.17, 15) is 23.5 Å². The lowest BCUT2D eigenvalue weighted by atomic mass is 9.99. The highest BCUT2D eigenvalue weighted by atomic mass is 19.1. The Morgan fingerprint density at radius 3 is 2.29 bits per heavy atom. The van der Waals surface area contributed by atoms with Crippen LogP contribution in [0.1, 0.15) is 64.2 Å². The predicted octanol–water partition coefficient (Wildman–Crippen LogP) is 5.42. The van der Waals surface area contributed by atoms with E-state index < -0.39 is 29.7 Å². The van der Waals surface area contributed by atoms with Gasteiger partial charge >= 0.3 is 0 Å². The molecule has 3 aromatic carbocycles. The van der Waals surface area contributed by atoms with Crippen molar-refractivity contribution in [3.63, 3.8) is 0 Å². The van der Waals surface area contributed by atoms with E-state index in [2.05, 4.69) is 20.6 Å². The highest BCUT2D eigenvalue weighted by Crippen LogP contribution is 2.17. The van der Waals surface area contributed by atoms with E-state index in [1.54, 1.807) is 29.3 Å². The number of aryl methyl sites for hydroxylation is 1. The van der Waals surface area contributed by atoms with Gasteiger partial charge in [0.25, 0.3) is 11.8 Å². The summed E-state index contributed by atoms with van der Waals surface area (Å²) >= 11 is 0. The number of hydrogen-bond acceptors (Lipinski definition) is 5. The number of carbonyl (C=O) groups excluding carboxylic acids is 2. The molecule has 0 spiro atoms. The maximum absolute atomic E-state index is 14.0. The molecule has 238 valence electrons. The van der Waals surface area contributed by atoms with Crippen molar-refractivity contribution in [1.29, 1.82) is 0 Å². The highest BCUT2D eigenvalue weighted by molar-refractivity contribution is 6.00. The molecular formula is C35H41F2N5O3. The third-order valence-electron chi connectivity index (χ3n) is 7.36. The number of nitrogens with zero attached hydrogens (tertiary/aromatic N) is 2. The van der Waals surface area contributed by atoms with Gasteiger partial charge in [0.05, 0.1) is 12.1 Å². The van der Waals surface area contributed by atoms with E-state index in [4.69, 9.17) is 0 Å². The molecule has 0 aliphatic carbocycles. The second kappa shape index (κ2) is 16.1. The number of aliphatic hydroxyl groups is 1. The van der Waals surface area contributed by atoms with Gasteiger partial charge in [0.1, 0.15) is 17.5 Å². The van der Waals surface area contributed by atoms with Crippen molar-refractivity contribution in [3.8, 4) is 11.4 Å². The van der Waals surface area contributed by atoms with Gasteiger partial charge in [0.15, 0.2) is 0 Å². The van der Waals surface area contributed by atoms with Gasteiger partial charge in [-0.1, -0.05) is 44.2 Å². The van der Waals surface area contributed by atoms with Crippen molar-refractivity contribution < 1.29 is 23.5 Å². The molecule has 0 saturated heterocycles. The minimum atomic E-state index is -1.12. The fraction of sp³-hybridized carbons (Fsp3) is 0.343. The van der Waals surface area contributed by atoms with Crippen LogP contribution in [0.3, 0.4) is 0 Å². The summed E-state index contributed by atoms with van der Waals surface area (Å²) in [6.07, 6.45) is 2.19. The van der Waals surface area contributed by atoms with Crippen molar-refractivity contribution in [2.45, 2.75) is 58.7 Å². The van der Waals surface area contributed by atoms with Crippen molar-refractivity contribution >= 4 is 11.8 Å². The quantitative estimate of drug-likeness (QED) is 0.143. The zero-order chi connectivity index (χ0) is 32.3. The SMILES string of the molecule is CCCN(CCC)C(=O)c1cc(C)cc(C(=O)N[C@@H](Cc2cc(F)cc(F)c2)[C@H](O)CNCc2cnc(-c3ccccc3)[nH]2)c1. The monoisotopic (exact) mass is 617 g/mol. The Bertz CT molecular complexity index is 1550. The molecule has 0 radical (unpaired) electrons. The van der Waals surface area contributed by atoms with Crippen LogP contribution in [0, 0.1) is 18.6 Å². The van der Waals surface area contributed by atoms with Gasteiger partial charge in [-0.05, 0) is 67.6 Å². The van der Waals surface area contributed by atoms with E-state index in [0.29, 0.717) is 25.2 Å². The van der Waals surface area contributed by atoms with Crippen molar-refractivity contribution in [3.05, 3.63) is 113 Å².